The fourth-order valence-electron chi connectivity index (χ4n) is 2.47. The van der Waals surface area contributed by atoms with E-state index in [4.69, 9.17) is 22.1 Å². The lowest BCUT2D eigenvalue weighted by atomic mass is 10.1. The molecule has 0 aromatic heterocycles. The van der Waals surface area contributed by atoms with Gasteiger partial charge in [-0.25, -0.2) is 0 Å². The first kappa shape index (κ1) is 19.2. The van der Waals surface area contributed by atoms with Gasteiger partial charge in [-0.3, -0.25) is 0 Å². The van der Waals surface area contributed by atoms with Gasteiger partial charge in [-0.05, 0) is 18.4 Å². The summed E-state index contributed by atoms with van der Waals surface area (Å²) in [7, 11) is 4.48. The van der Waals surface area contributed by atoms with Crippen LogP contribution in [0.25, 0.3) is 0 Å². The summed E-state index contributed by atoms with van der Waals surface area (Å²) in [6.07, 6.45) is 3.23. The van der Waals surface area contributed by atoms with Gasteiger partial charge in [0.1, 0.15) is 0 Å². The van der Waals surface area contributed by atoms with Crippen molar-refractivity contribution >= 4 is 18.1 Å². The molecule has 19 heavy (non-hydrogen) atoms. The molecule has 2 unspecified atom stereocenters. The van der Waals surface area contributed by atoms with Gasteiger partial charge in [-0.15, -0.1) is 0 Å². The lowest BCUT2D eigenvalue weighted by Gasteiger charge is -2.30. The van der Waals surface area contributed by atoms with Crippen LogP contribution in [0.2, 0.25) is 11.1 Å². The molecule has 7 heteroatoms. The van der Waals surface area contributed by atoms with Gasteiger partial charge in [0.2, 0.25) is 0 Å². The minimum absolute atomic E-state index is 0.296. The molecule has 116 valence electrons. The van der Waals surface area contributed by atoms with E-state index in [1.807, 2.05) is 0 Å². The Bertz CT molecular complexity index is 214. The highest BCUT2D eigenvalue weighted by molar-refractivity contribution is 6.62. The van der Waals surface area contributed by atoms with Gasteiger partial charge in [0.25, 0.3) is 0 Å². The Morgan fingerprint density at radius 2 is 1.32 bits per heavy atom. The Labute approximate surface area is 120 Å². The van der Waals surface area contributed by atoms with Crippen molar-refractivity contribution in [3.05, 3.63) is 0 Å². The summed E-state index contributed by atoms with van der Waals surface area (Å²) in [6.45, 7) is 4.33. The summed E-state index contributed by atoms with van der Waals surface area (Å²) < 4.78 is 27.3. The van der Waals surface area contributed by atoms with Crippen molar-refractivity contribution in [3.63, 3.8) is 0 Å². The van der Waals surface area contributed by atoms with Gasteiger partial charge in [0.05, 0.1) is 0 Å². The van der Waals surface area contributed by atoms with Crippen molar-refractivity contribution in [1.29, 1.82) is 0 Å². The van der Waals surface area contributed by atoms with Crippen molar-refractivity contribution in [2.24, 2.45) is 0 Å². The second-order valence-corrected chi connectivity index (χ2v) is 11.1. The van der Waals surface area contributed by atoms with Crippen LogP contribution >= 0.6 is 0 Å². The fourth-order valence-corrected chi connectivity index (χ4v) is 6.37. The SMILES string of the molecule is CO[SiH](OC)C(C)CCCC(C)[Si](OC)(OC)OC. The standard InChI is InChI=1S/C12H30O5Si2/c1-11(18(13-3)14-4)9-8-10-12(2)19(15-5,16-6)17-7/h11-12,18H,8-10H2,1-7H3. The van der Waals surface area contributed by atoms with E-state index in [0.29, 0.717) is 11.1 Å². The molecular formula is C12H30O5Si2. The molecule has 0 aromatic carbocycles. The first-order valence-corrected chi connectivity index (χ1v) is 10.1. The first-order valence-electron chi connectivity index (χ1n) is 6.72. The minimum atomic E-state index is -2.49. The summed E-state index contributed by atoms with van der Waals surface area (Å²) >= 11 is 0. The Balaban J connectivity index is 4.19. The van der Waals surface area contributed by atoms with Gasteiger partial charge in [-0.2, -0.15) is 0 Å². The van der Waals surface area contributed by atoms with E-state index in [1.54, 1.807) is 35.5 Å². The third-order valence-corrected chi connectivity index (χ3v) is 9.08. The Morgan fingerprint density at radius 1 is 0.842 bits per heavy atom. The maximum atomic E-state index is 5.50. The highest BCUT2D eigenvalue weighted by Crippen LogP contribution is 2.30. The summed E-state index contributed by atoms with van der Waals surface area (Å²) in [5.74, 6) is 0. The molecule has 5 nitrogen and oxygen atoms in total. The summed E-state index contributed by atoms with van der Waals surface area (Å²) in [5.41, 5.74) is 0.802. The van der Waals surface area contributed by atoms with Gasteiger partial charge >= 0.3 is 18.1 Å². The predicted octanol–water partition coefficient (Wildman–Crippen LogP) is 2.33. The van der Waals surface area contributed by atoms with Gasteiger partial charge in [0.15, 0.2) is 0 Å². The van der Waals surface area contributed by atoms with Gasteiger partial charge in [-0.1, -0.05) is 20.3 Å². The molecule has 0 rings (SSSR count). The van der Waals surface area contributed by atoms with Crippen molar-refractivity contribution in [1.82, 2.24) is 0 Å². The predicted molar refractivity (Wildman–Crippen MR) is 80.6 cm³/mol. The second kappa shape index (κ2) is 10.0. The molecule has 0 spiro atoms. The molecule has 0 aromatic rings. The number of rotatable bonds is 11. The van der Waals surface area contributed by atoms with Crippen LogP contribution in [-0.2, 0) is 22.1 Å². The van der Waals surface area contributed by atoms with Crippen LogP contribution in [0.15, 0.2) is 0 Å². The minimum Gasteiger partial charge on any atom is -0.400 e. The lowest BCUT2D eigenvalue weighted by molar-refractivity contribution is 0.111. The molecule has 0 saturated carbocycles. The molecule has 0 aliphatic carbocycles. The number of hydrogen-bond acceptors (Lipinski definition) is 5. The Morgan fingerprint density at radius 3 is 1.68 bits per heavy atom. The van der Waals surface area contributed by atoms with Crippen molar-refractivity contribution < 1.29 is 22.1 Å². The molecule has 0 saturated heterocycles. The first-order chi connectivity index (χ1) is 9.01. The maximum Gasteiger partial charge on any atom is 0.503 e. The maximum absolute atomic E-state index is 5.50. The molecule has 0 N–H and O–H groups in total. The highest BCUT2D eigenvalue weighted by Gasteiger charge is 2.44. The topological polar surface area (TPSA) is 46.2 Å². The zero-order valence-electron chi connectivity index (χ0n) is 13.4. The van der Waals surface area contributed by atoms with Crippen LogP contribution in [0.1, 0.15) is 33.1 Å². The number of hydrogen-bond donors (Lipinski definition) is 0. The molecular weight excluding hydrogens is 280 g/mol. The van der Waals surface area contributed by atoms with Crippen molar-refractivity contribution in [2.45, 2.75) is 44.2 Å². The van der Waals surface area contributed by atoms with Crippen LogP contribution in [0.4, 0.5) is 0 Å². The quantitative estimate of drug-likeness (QED) is 0.548. The van der Waals surface area contributed by atoms with Crippen molar-refractivity contribution in [3.8, 4) is 0 Å². The normalized spacial score (nSPS) is 15.8. The average Bonchev–Trinajstić information content (AvgIpc) is 2.42. The van der Waals surface area contributed by atoms with E-state index in [9.17, 15) is 0 Å². The third kappa shape index (κ3) is 5.62. The smallest absolute Gasteiger partial charge is 0.400 e. The zero-order chi connectivity index (χ0) is 14.9. The van der Waals surface area contributed by atoms with E-state index < -0.39 is 18.1 Å². The molecule has 0 fully saturated rings. The van der Waals surface area contributed by atoms with Gasteiger partial charge in [0, 0.05) is 41.1 Å². The van der Waals surface area contributed by atoms with E-state index >= 15 is 0 Å². The molecule has 0 aliphatic heterocycles. The van der Waals surface area contributed by atoms with E-state index in [1.165, 1.54) is 0 Å². The molecule has 0 heterocycles. The molecule has 0 radical (unpaired) electrons. The average molecular weight is 311 g/mol. The van der Waals surface area contributed by atoms with Crippen LogP contribution in [0.5, 0.6) is 0 Å². The molecule has 0 aliphatic rings. The van der Waals surface area contributed by atoms with E-state index in [2.05, 4.69) is 13.8 Å². The highest BCUT2D eigenvalue weighted by atomic mass is 28.4. The summed E-state index contributed by atoms with van der Waals surface area (Å²) in [4.78, 5) is 0. The monoisotopic (exact) mass is 310 g/mol. The largest absolute Gasteiger partial charge is 0.503 e. The molecule has 0 bridgehead atoms. The van der Waals surface area contributed by atoms with Crippen LogP contribution in [0.3, 0.4) is 0 Å². The lowest BCUT2D eigenvalue weighted by Crippen LogP contribution is -2.46. The zero-order valence-corrected chi connectivity index (χ0v) is 15.5. The van der Waals surface area contributed by atoms with Crippen LogP contribution < -0.4 is 0 Å². The Hall–Kier alpha value is 0.234. The van der Waals surface area contributed by atoms with E-state index in [0.717, 1.165) is 19.3 Å². The third-order valence-electron chi connectivity index (χ3n) is 3.68. The van der Waals surface area contributed by atoms with Crippen LogP contribution in [-0.4, -0.2) is 53.6 Å². The second-order valence-electron chi connectivity index (χ2n) is 4.86. The van der Waals surface area contributed by atoms with Crippen molar-refractivity contribution in [2.75, 3.05) is 35.5 Å². The Kier molecular flexibility index (Phi) is 10.2. The summed E-state index contributed by atoms with van der Waals surface area (Å²) in [6, 6.07) is 0. The molecule has 0 amide bonds. The fraction of sp³-hybridized carbons (Fsp3) is 1.00. The summed E-state index contributed by atoms with van der Waals surface area (Å²) in [5, 5.41) is 0. The molecule has 2 atom stereocenters. The van der Waals surface area contributed by atoms with E-state index in [-0.39, 0.29) is 0 Å². The van der Waals surface area contributed by atoms with Crippen LogP contribution in [0, 0.1) is 0 Å². The van der Waals surface area contributed by atoms with Gasteiger partial charge < -0.3 is 22.1 Å².